The third-order valence-electron chi connectivity index (χ3n) is 4.43. The van der Waals surface area contributed by atoms with Crippen LogP contribution in [0.3, 0.4) is 0 Å². The summed E-state index contributed by atoms with van der Waals surface area (Å²) in [6.07, 6.45) is 1.49. The fourth-order valence-corrected chi connectivity index (χ4v) is 2.85. The Hall–Kier alpha value is -4.11. The molecular formula is C23H21ClN4O5. The molecule has 0 bridgehead atoms. The molecular weight excluding hydrogens is 448 g/mol. The van der Waals surface area contributed by atoms with Crippen LogP contribution in [0.25, 0.3) is 0 Å². The highest BCUT2D eigenvalue weighted by Gasteiger charge is 2.08. The zero-order chi connectivity index (χ0) is 23.6. The highest BCUT2D eigenvalue weighted by atomic mass is 35.5. The average molecular weight is 469 g/mol. The van der Waals surface area contributed by atoms with Crippen molar-refractivity contribution < 1.29 is 19.2 Å². The Labute approximate surface area is 195 Å². The summed E-state index contributed by atoms with van der Waals surface area (Å²) in [7, 11) is 1.51. The van der Waals surface area contributed by atoms with Gasteiger partial charge in [0.1, 0.15) is 6.61 Å². The normalized spacial score (nSPS) is 10.6. The number of carbonyl (C=O) groups is 1. The molecule has 10 heteroatoms. The van der Waals surface area contributed by atoms with Crippen molar-refractivity contribution in [2.45, 2.75) is 6.61 Å². The Morgan fingerprint density at radius 1 is 1.09 bits per heavy atom. The quantitative estimate of drug-likeness (QED) is 0.259. The summed E-state index contributed by atoms with van der Waals surface area (Å²) in [4.78, 5) is 22.2. The summed E-state index contributed by atoms with van der Waals surface area (Å²) in [6.45, 7) is 0.274. The van der Waals surface area contributed by atoms with Gasteiger partial charge in [0.2, 0.25) is 0 Å². The topological polar surface area (TPSA) is 115 Å². The monoisotopic (exact) mass is 468 g/mol. The second kappa shape index (κ2) is 11.5. The van der Waals surface area contributed by atoms with E-state index in [1.807, 2.05) is 0 Å². The van der Waals surface area contributed by atoms with E-state index in [-0.39, 0.29) is 24.7 Å². The minimum atomic E-state index is -0.452. The maximum Gasteiger partial charge on any atom is 0.269 e. The van der Waals surface area contributed by atoms with Crippen molar-refractivity contribution in [3.63, 3.8) is 0 Å². The molecule has 3 aromatic rings. The molecule has 0 aliphatic carbocycles. The molecule has 0 saturated heterocycles. The van der Waals surface area contributed by atoms with Gasteiger partial charge in [-0.15, -0.1) is 0 Å². The Bertz CT molecular complexity index is 1130. The van der Waals surface area contributed by atoms with Crippen LogP contribution in [0, 0.1) is 10.1 Å². The van der Waals surface area contributed by atoms with E-state index < -0.39 is 4.92 Å². The molecule has 0 aliphatic heterocycles. The summed E-state index contributed by atoms with van der Waals surface area (Å²) in [5.41, 5.74) is 4.71. The highest BCUT2D eigenvalue weighted by Crippen LogP contribution is 2.28. The van der Waals surface area contributed by atoms with Gasteiger partial charge in [0.15, 0.2) is 11.5 Å². The van der Waals surface area contributed by atoms with Gasteiger partial charge in [0, 0.05) is 22.8 Å². The van der Waals surface area contributed by atoms with Gasteiger partial charge in [0.05, 0.1) is 24.8 Å². The van der Waals surface area contributed by atoms with Gasteiger partial charge in [-0.05, 0) is 65.7 Å². The molecule has 0 unspecified atom stereocenters. The number of hydrogen-bond acceptors (Lipinski definition) is 7. The molecule has 1 amide bonds. The number of nitrogens with one attached hydrogen (secondary N) is 2. The molecule has 0 aliphatic rings. The number of anilines is 1. The van der Waals surface area contributed by atoms with Gasteiger partial charge in [-0.3, -0.25) is 14.9 Å². The average Bonchev–Trinajstić information content (AvgIpc) is 2.83. The first-order chi connectivity index (χ1) is 15.9. The Balaban J connectivity index is 1.51. The number of rotatable bonds is 10. The Kier molecular flexibility index (Phi) is 8.20. The van der Waals surface area contributed by atoms with E-state index in [0.717, 1.165) is 11.3 Å². The van der Waals surface area contributed by atoms with Crippen molar-refractivity contribution in [1.29, 1.82) is 0 Å². The predicted octanol–water partition coefficient (Wildman–Crippen LogP) is 4.40. The van der Waals surface area contributed by atoms with Gasteiger partial charge in [0.25, 0.3) is 11.6 Å². The number of carbonyl (C=O) groups excluding carboxylic acids is 1. The van der Waals surface area contributed by atoms with Crippen LogP contribution in [0.2, 0.25) is 5.02 Å². The van der Waals surface area contributed by atoms with Crippen molar-refractivity contribution in [2.75, 3.05) is 19.0 Å². The van der Waals surface area contributed by atoms with Crippen molar-refractivity contribution in [3.05, 3.63) is 93.0 Å². The number of ether oxygens (including phenoxy) is 2. The van der Waals surface area contributed by atoms with Gasteiger partial charge < -0.3 is 14.8 Å². The molecule has 0 radical (unpaired) electrons. The van der Waals surface area contributed by atoms with E-state index in [9.17, 15) is 14.9 Å². The molecule has 3 aromatic carbocycles. The van der Waals surface area contributed by atoms with E-state index in [1.165, 1.54) is 25.5 Å². The first kappa shape index (κ1) is 23.6. The summed E-state index contributed by atoms with van der Waals surface area (Å²) in [5, 5.41) is 18.3. The fraction of sp³-hybridized carbons (Fsp3) is 0.130. The van der Waals surface area contributed by atoms with Crippen LogP contribution in [0.15, 0.2) is 71.8 Å². The number of hydrazone groups is 1. The lowest BCUT2D eigenvalue weighted by molar-refractivity contribution is -0.384. The second-order valence-corrected chi connectivity index (χ2v) is 7.21. The lowest BCUT2D eigenvalue weighted by Gasteiger charge is -2.11. The largest absolute Gasteiger partial charge is 0.493 e. The van der Waals surface area contributed by atoms with E-state index in [1.54, 1.807) is 54.6 Å². The van der Waals surface area contributed by atoms with Crippen LogP contribution < -0.4 is 20.2 Å². The minimum absolute atomic E-state index is 0.0211. The number of amides is 1. The van der Waals surface area contributed by atoms with Crippen LogP contribution in [0.5, 0.6) is 11.5 Å². The van der Waals surface area contributed by atoms with Crippen LogP contribution in [0.4, 0.5) is 11.4 Å². The molecule has 0 heterocycles. The van der Waals surface area contributed by atoms with Gasteiger partial charge >= 0.3 is 0 Å². The molecule has 0 aromatic heterocycles. The van der Waals surface area contributed by atoms with Crippen LogP contribution >= 0.6 is 11.6 Å². The molecule has 170 valence electrons. The van der Waals surface area contributed by atoms with Crippen molar-refractivity contribution in [3.8, 4) is 11.5 Å². The summed E-state index contributed by atoms with van der Waals surface area (Å²) in [6, 6.07) is 18.3. The third kappa shape index (κ3) is 7.22. The number of nitro groups is 1. The van der Waals surface area contributed by atoms with Gasteiger partial charge in [-0.25, -0.2) is 5.43 Å². The SMILES string of the molecule is COc1cc(/C=N\NC(=O)CNc2ccc(Cl)cc2)ccc1OCc1ccc([N+](=O)[O-])cc1. The van der Waals surface area contributed by atoms with E-state index in [2.05, 4.69) is 15.8 Å². The number of nitrogens with zero attached hydrogens (tertiary/aromatic N) is 2. The lowest BCUT2D eigenvalue weighted by atomic mass is 10.2. The van der Waals surface area contributed by atoms with E-state index >= 15 is 0 Å². The number of halogens is 1. The third-order valence-corrected chi connectivity index (χ3v) is 4.68. The number of nitro benzene ring substituents is 1. The van der Waals surface area contributed by atoms with Crippen LogP contribution in [-0.4, -0.2) is 30.7 Å². The smallest absolute Gasteiger partial charge is 0.269 e. The maximum atomic E-state index is 11.9. The molecule has 0 saturated carbocycles. The van der Waals surface area contributed by atoms with E-state index in [4.69, 9.17) is 21.1 Å². The number of methoxy groups -OCH3 is 1. The molecule has 9 nitrogen and oxygen atoms in total. The molecule has 0 atom stereocenters. The van der Waals surface area contributed by atoms with E-state index in [0.29, 0.717) is 22.1 Å². The molecule has 3 rings (SSSR count). The maximum absolute atomic E-state index is 11.9. The molecule has 2 N–H and O–H groups in total. The zero-order valence-electron chi connectivity index (χ0n) is 17.7. The molecule has 0 spiro atoms. The molecule has 0 fully saturated rings. The number of hydrogen-bond donors (Lipinski definition) is 2. The van der Waals surface area contributed by atoms with Crippen molar-refractivity contribution >= 4 is 35.1 Å². The first-order valence-electron chi connectivity index (χ1n) is 9.80. The van der Waals surface area contributed by atoms with Crippen molar-refractivity contribution in [2.24, 2.45) is 5.10 Å². The summed E-state index contributed by atoms with van der Waals surface area (Å²) >= 11 is 5.83. The zero-order valence-corrected chi connectivity index (χ0v) is 18.4. The van der Waals surface area contributed by atoms with Crippen LogP contribution in [-0.2, 0) is 11.4 Å². The van der Waals surface area contributed by atoms with Crippen molar-refractivity contribution in [1.82, 2.24) is 5.43 Å². The number of non-ortho nitro benzene ring substituents is 1. The standard InChI is InChI=1S/C23H21ClN4O5/c1-32-22-12-17(13-26-27-23(29)14-25-19-7-5-18(24)6-8-19)4-11-21(22)33-15-16-2-9-20(10-3-16)28(30)31/h2-13,25H,14-15H2,1H3,(H,27,29)/b26-13-. The van der Waals surface area contributed by atoms with Gasteiger partial charge in [-0.1, -0.05) is 11.6 Å². The highest BCUT2D eigenvalue weighted by molar-refractivity contribution is 6.30. The lowest BCUT2D eigenvalue weighted by Crippen LogP contribution is -2.25. The minimum Gasteiger partial charge on any atom is -0.493 e. The first-order valence-corrected chi connectivity index (χ1v) is 10.2. The Morgan fingerprint density at radius 2 is 1.82 bits per heavy atom. The fourth-order valence-electron chi connectivity index (χ4n) is 2.73. The summed E-state index contributed by atoms with van der Waals surface area (Å²) < 4.78 is 11.1. The predicted molar refractivity (Wildman–Crippen MR) is 126 cm³/mol. The summed E-state index contributed by atoms with van der Waals surface area (Å²) in [5.74, 6) is 0.678. The van der Waals surface area contributed by atoms with Crippen LogP contribution in [0.1, 0.15) is 11.1 Å². The second-order valence-electron chi connectivity index (χ2n) is 6.78. The Morgan fingerprint density at radius 3 is 2.48 bits per heavy atom. The number of benzene rings is 3. The van der Waals surface area contributed by atoms with Gasteiger partial charge in [-0.2, -0.15) is 5.10 Å². The molecule has 33 heavy (non-hydrogen) atoms.